The number of carbonyl (C=O) groups excluding carboxylic acids is 1. The van der Waals surface area contributed by atoms with Gasteiger partial charge in [-0.3, -0.25) is 4.79 Å². The summed E-state index contributed by atoms with van der Waals surface area (Å²) in [5.74, 6) is 0.472. The van der Waals surface area contributed by atoms with Crippen molar-refractivity contribution in [2.45, 2.75) is 13.1 Å². The predicted octanol–water partition coefficient (Wildman–Crippen LogP) is 4.17. The van der Waals surface area contributed by atoms with Crippen molar-refractivity contribution < 1.29 is 32.2 Å². The highest BCUT2D eigenvalue weighted by molar-refractivity contribution is 5.95. The van der Waals surface area contributed by atoms with Crippen molar-refractivity contribution in [3.05, 3.63) is 42.0 Å². The van der Waals surface area contributed by atoms with Crippen LogP contribution in [0.5, 0.6) is 17.2 Å². The molecule has 0 heterocycles. The van der Waals surface area contributed by atoms with Crippen molar-refractivity contribution in [2.24, 2.45) is 0 Å². The molecule has 28 heavy (non-hydrogen) atoms. The van der Waals surface area contributed by atoms with Gasteiger partial charge in [0.05, 0.1) is 38.6 Å². The van der Waals surface area contributed by atoms with Crippen molar-refractivity contribution >= 4 is 17.3 Å². The number of amides is 1. The van der Waals surface area contributed by atoms with Crippen LogP contribution in [0.25, 0.3) is 0 Å². The minimum Gasteiger partial charge on any atom is -0.497 e. The molecule has 1 amide bonds. The fourth-order valence-electron chi connectivity index (χ4n) is 2.44. The predicted molar refractivity (Wildman–Crippen MR) is 99.3 cm³/mol. The fourth-order valence-corrected chi connectivity index (χ4v) is 2.44. The lowest BCUT2D eigenvalue weighted by molar-refractivity contribution is -0.137. The molecule has 2 rings (SSSR count). The second kappa shape index (κ2) is 9.20. The molecule has 152 valence electrons. The van der Waals surface area contributed by atoms with Gasteiger partial charge in [0.2, 0.25) is 5.91 Å². The Kier molecular flexibility index (Phi) is 6.97. The van der Waals surface area contributed by atoms with E-state index in [0.29, 0.717) is 17.2 Å². The molecule has 0 aliphatic heterocycles. The van der Waals surface area contributed by atoms with E-state index in [1.54, 1.807) is 25.1 Å². The van der Waals surface area contributed by atoms with E-state index in [1.165, 1.54) is 26.4 Å². The summed E-state index contributed by atoms with van der Waals surface area (Å²) in [6, 6.07) is 8.32. The lowest BCUT2D eigenvalue weighted by Crippen LogP contribution is -2.23. The maximum absolute atomic E-state index is 13.3. The molecule has 0 unspecified atom stereocenters. The van der Waals surface area contributed by atoms with E-state index in [9.17, 15) is 18.0 Å². The highest BCUT2D eigenvalue weighted by Gasteiger charge is 2.34. The van der Waals surface area contributed by atoms with Gasteiger partial charge < -0.3 is 24.8 Å². The van der Waals surface area contributed by atoms with Crippen LogP contribution < -0.4 is 24.8 Å². The van der Waals surface area contributed by atoms with Gasteiger partial charge in [-0.2, -0.15) is 13.2 Å². The van der Waals surface area contributed by atoms with Crippen LogP contribution >= 0.6 is 0 Å². The molecule has 0 radical (unpaired) electrons. The normalized spacial score (nSPS) is 10.9. The summed E-state index contributed by atoms with van der Waals surface area (Å²) in [6.45, 7) is 1.56. The molecule has 9 heteroatoms. The molecule has 2 aromatic carbocycles. The molecular formula is C19H21F3N2O4. The van der Waals surface area contributed by atoms with Gasteiger partial charge in [-0.05, 0) is 37.3 Å². The van der Waals surface area contributed by atoms with Gasteiger partial charge in [-0.25, -0.2) is 0 Å². The van der Waals surface area contributed by atoms with Crippen LogP contribution in [0.1, 0.15) is 12.5 Å². The molecule has 0 saturated heterocycles. The van der Waals surface area contributed by atoms with Gasteiger partial charge in [0.15, 0.2) is 0 Å². The quantitative estimate of drug-likeness (QED) is 0.699. The maximum Gasteiger partial charge on any atom is 0.418 e. The van der Waals surface area contributed by atoms with Gasteiger partial charge in [0.1, 0.15) is 17.2 Å². The zero-order valence-electron chi connectivity index (χ0n) is 15.6. The highest BCUT2D eigenvalue weighted by atomic mass is 19.4. The lowest BCUT2D eigenvalue weighted by atomic mass is 10.1. The highest BCUT2D eigenvalue weighted by Crippen LogP contribution is 2.37. The Hall–Kier alpha value is -3.10. The van der Waals surface area contributed by atoms with E-state index >= 15 is 0 Å². The molecule has 0 saturated carbocycles. The summed E-state index contributed by atoms with van der Waals surface area (Å²) in [4.78, 5) is 12.2. The number of hydrogen-bond acceptors (Lipinski definition) is 5. The average Bonchev–Trinajstić information content (AvgIpc) is 2.66. The fraction of sp³-hybridized carbons (Fsp3) is 0.316. The molecule has 0 fully saturated rings. The number of alkyl halides is 3. The molecule has 0 aliphatic rings. The van der Waals surface area contributed by atoms with Crippen LogP contribution in [0.15, 0.2) is 36.4 Å². The van der Waals surface area contributed by atoms with Gasteiger partial charge in [0, 0.05) is 11.8 Å². The Morgan fingerprint density at radius 3 is 2.29 bits per heavy atom. The number of methoxy groups -OCH3 is 2. The number of rotatable bonds is 8. The van der Waals surface area contributed by atoms with E-state index in [-0.39, 0.29) is 24.6 Å². The molecule has 2 aromatic rings. The van der Waals surface area contributed by atoms with Crippen molar-refractivity contribution in [2.75, 3.05) is 38.0 Å². The summed E-state index contributed by atoms with van der Waals surface area (Å²) >= 11 is 0. The van der Waals surface area contributed by atoms with Crippen molar-refractivity contribution in [1.82, 2.24) is 0 Å². The summed E-state index contributed by atoms with van der Waals surface area (Å²) in [5, 5.41) is 5.10. The second-order valence-corrected chi connectivity index (χ2v) is 5.61. The third-order valence-electron chi connectivity index (χ3n) is 3.73. The van der Waals surface area contributed by atoms with Gasteiger partial charge >= 0.3 is 6.18 Å². The Balaban J connectivity index is 2.10. The average molecular weight is 398 g/mol. The molecule has 0 atom stereocenters. The lowest BCUT2D eigenvalue weighted by Gasteiger charge is -2.16. The first-order chi connectivity index (χ1) is 13.3. The minimum atomic E-state index is -4.59. The largest absolute Gasteiger partial charge is 0.497 e. The van der Waals surface area contributed by atoms with Crippen LogP contribution in [-0.2, 0) is 11.0 Å². The van der Waals surface area contributed by atoms with Gasteiger partial charge in [-0.1, -0.05) is 0 Å². The first-order valence-electron chi connectivity index (χ1n) is 8.38. The first-order valence-corrected chi connectivity index (χ1v) is 8.38. The topological polar surface area (TPSA) is 68.8 Å². The SMILES string of the molecule is CCOc1ccc(NCC(=O)Nc2ccc(OC)cc2OC)c(C(F)(F)F)c1. The Labute approximate surface area is 160 Å². The monoisotopic (exact) mass is 398 g/mol. The van der Waals surface area contributed by atoms with E-state index < -0.39 is 17.6 Å². The zero-order chi connectivity index (χ0) is 20.7. The third-order valence-corrected chi connectivity index (χ3v) is 3.73. The molecular weight excluding hydrogens is 377 g/mol. The zero-order valence-corrected chi connectivity index (χ0v) is 15.6. The Morgan fingerprint density at radius 2 is 1.68 bits per heavy atom. The Morgan fingerprint density at radius 1 is 1.00 bits per heavy atom. The Bertz CT molecular complexity index is 825. The number of carbonyl (C=O) groups is 1. The third kappa shape index (κ3) is 5.45. The van der Waals surface area contributed by atoms with Crippen LogP contribution in [0.4, 0.5) is 24.5 Å². The molecule has 0 bridgehead atoms. The molecule has 0 spiro atoms. The summed E-state index contributed by atoms with van der Waals surface area (Å²) in [6.07, 6.45) is -4.59. The minimum absolute atomic E-state index is 0.104. The van der Waals surface area contributed by atoms with Gasteiger partial charge in [0.25, 0.3) is 0 Å². The van der Waals surface area contributed by atoms with Crippen LogP contribution in [0.3, 0.4) is 0 Å². The second-order valence-electron chi connectivity index (χ2n) is 5.61. The standard InChI is InChI=1S/C19H21F3N2O4/c1-4-28-13-6-7-15(14(9-13)19(20,21)22)23-11-18(25)24-16-8-5-12(26-2)10-17(16)27-3/h5-10,23H,4,11H2,1-3H3,(H,24,25). The van der Waals surface area contributed by atoms with E-state index in [1.807, 2.05) is 0 Å². The van der Waals surface area contributed by atoms with E-state index in [0.717, 1.165) is 6.07 Å². The van der Waals surface area contributed by atoms with Crippen LogP contribution in [0.2, 0.25) is 0 Å². The number of hydrogen-bond donors (Lipinski definition) is 2. The maximum atomic E-state index is 13.3. The van der Waals surface area contributed by atoms with Gasteiger partial charge in [-0.15, -0.1) is 0 Å². The molecule has 6 nitrogen and oxygen atoms in total. The van der Waals surface area contributed by atoms with Crippen LogP contribution in [0, 0.1) is 0 Å². The van der Waals surface area contributed by atoms with Crippen molar-refractivity contribution in [3.63, 3.8) is 0 Å². The first kappa shape index (κ1) is 21.2. The van der Waals surface area contributed by atoms with E-state index in [4.69, 9.17) is 14.2 Å². The molecule has 0 aliphatic carbocycles. The number of anilines is 2. The van der Waals surface area contributed by atoms with Crippen LogP contribution in [-0.4, -0.2) is 33.3 Å². The summed E-state index contributed by atoms with van der Waals surface area (Å²) in [7, 11) is 2.92. The van der Waals surface area contributed by atoms with Crippen molar-refractivity contribution in [1.29, 1.82) is 0 Å². The molecule has 0 aromatic heterocycles. The molecule has 2 N–H and O–H groups in total. The number of ether oxygens (including phenoxy) is 3. The summed E-state index contributed by atoms with van der Waals surface area (Å²) in [5.41, 5.74) is -0.751. The van der Waals surface area contributed by atoms with E-state index in [2.05, 4.69) is 10.6 Å². The van der Waals surface area contributed by atoms with Crippen molar-refractivity contribution in [3.8, 4) is 17.2 Å². The number of benzene rings is 2. The smallest absolute Gasteiger partial charge is 0.418 e. The number of nitrogens with one attached hydrogen (secondary N) is 2. The number of halogens is 3. The summed E-state index contributed by atoms with van der Waals surface area (Å²) < 4.78 is 55.2.